The maximum absolute atomic E-state index is 12.5. The zero-order valence-electron chi connectivity index (χ0n) is 13.3. The maximum Gasteiger partial charge on any atom is 0.222 e. The van der Waals surface area contributed by atoms with Crippen molar-refractivity contribution in [3.63, 3.8) is 0 Å². The lowest BCUT2D eigenvalue weighted by Crippen LogP contribution is -2.49. The number of hydrogen-bond donors (Lipinski definition) is 0. The van der Waals surface area contributed by atoms with Crippen LogP contribution in [0.3, 0.4) is 0 Å². The second kappa shape index (κ2) is 6.43. The fourth-order valence-electron chi connectivity index (χ4n) is 3.76. The van der Waals surface area contributed by atoms with Crippen LogP contribution < -0.4 is 4.90 Å². The Kier molecular flexibility index (Phi) is 4.16. The number of amides is 1. The van der Waals surface area contributed by atoms with Crippen molar-refractivity contribution in [2.75, 3.05) is 31.1 Å². The van der Waals surface area contributed by atoms with Gasteiger partial charge in [0.2, 0.25) is 5.91 Å². The van der Waals surface area contributed by atoms with Crippen LogP contribution in [-0.2, 0) is 4.79 Å². The number of anilines is 1. The molecule has 1 saturated carbocycles. The number of fused-ring (bicyclic) bond motifs is 1. The molecule has 5 nitrogen and oxygen atoms in total. The number of hydrogen-bond acceptors (Lipinski definition) is 5. The van der Waals surface area contributed by atoms with Gasteiger partial charge >= 0.3 is 0 Å². The Labute approximate surface area is 140 Å². The number of nitrogens with zero attached hydrogens (tertiary/aromatic N) is 4. The van der Waals surface area contributed by atoms with Crippen LogP contribution in [0.5, 0.6) is 0 Å². The zero-order valence-corrected chi connectivity index (χ0v) is 14.1. The molecule has 2 aromatic heterocycles. The van der Waals surface area contributed by atoms with E-state index in [0.29, 0.717) is 11.8 Å². The molecule has 0 bridgehead atoms. The molecule has 0 aromatic carbocycles. The maximum atomic E-state index is 12.5. The molecule has 0 unspecified atom stereocenters. The van der Waals surface area contributed by atoms with E-state index in [2.05, 4.69) is 20.2 Å². The first-order chi connectivity index (χ1) is 11.3. The lowest BCUT2D eigenvalue weighted by Gasteiger charge is -2.36. The molecule has 6 heteroatoms. The highest BCUT2D eigenvalue weighted by atomic mass is 32.1. The van der Waals surface area contributed by atoms with Crippen LogP contribution in [0.25, 0.3) is 10.2 Å². The average Bonchev–Trinajstić information content (AvgIpc) is 3.25. The second-order valence-electron chi connectivity index (χ2n) is 6.55. The van der Waals surface area contributed by atoms with Crippen molar-refractivity contribution in [1.29, 1.82) is 0 Å². The summed E-state index contributed by atoms with van der Waals surface area (Å²) in [7, 11) is 0. The Morgan fingerprint density at radius 3 is 2.74 bits per heavy atom. The molecule has 0 N–H and O–H groups in total. The number of carbonyl (C=O) groups is 1. The molecule has 2 aromatic rings. The summed E-state index contributed by atoms with van der Waals surface area (Å²) in [5.74, 6) is 2.00. The van der Waals surface area contributed by atoms with E-state index in [4.69, 9.17) is 0 Å². The smallest absolute Gasteiger partial charge is 0.222 e. The molecule has 122 valence electrons. The minimum atomic E-state index is 0.348. The van der Waals surface area contributed by atoms with Gasteiger partial charge in [0, 0.05) is 32.6 Å². The van der Waals surface area contributed by atoms with Crippen molar-refractivity contribution in [2.24, 2.45) is 5.92 Å². The van der Waals surface area contributed by atoms with Crippen molar-refractivity contribution in [2.45, 2.75) is 32.1 Å². The van der Waals surface area contributed by atoms with E-state index in [1.807, 2.05) is 11.0 Å². The van der Waals surface area contributed by atoms with E-state index in [-0.39, 0.29) is 0 Å². The second-order valence-corrected chi connectivity index (χ2v) is 7.47. The zero-order chi connectivity index (χ0) is 15.6. The first-order valence-electron chi connectivity index (χ1n) is 8.52. The SMILES string of the molecule is O=C(CC1CCCC1)N1CCN(c2ncnc3ccsc23)CC1. The summed E-state index contributed by atoms with van der Waals surface area (Å²) in [6.07, 6.45) is 7.48. The summed E-state index contributed by atoms with van der Waals surface area (Å²) < 4.78 is 1.15. The third kappa shape index (κ3) is 3.04. The topological polar surface area (TPSA) is 49.3 Å². The highest BCUT2D eigenvalue weighted by molar-refractivity contribution is 7.17. The van der Waals surface area contributed by atoms with E-state index in [1.165, 1.54) is 25.7 Å². The molecule has 2 aliphatic rings. The normalized spacial score (nSPS) is 19.7. The Bertz CT molecular complexity index is 687. The highest BCUT2D eigenvalue weighted by Crippen LogP contribution is 2.30. The van der Waals surface area contributed by atoms with E-state index in [0.717, 1.165) is 48.6 Å². The average molecular weight is 330 g/mol. The summed E-state index contributed by atoms with van der Waals surface area (Å²) in [4.78, 5) is 25.6. The van der Waals surface area contributed by atoms with Crippen molar-refractivity contribution >= 4 is 33.3 Å². The van der Waals surface area contributed by atoms with Gasteiger partial charge in [0.15, 0.2) is 0 Å². The number of piperazine rings is 1. The Morgan fingerprint density at radius 2 is 1.96 bits per heavy atom. The lowest BCUT2D eigenvalue weighted by atomic mass is 10.0. The van der Waals surface area contributed by atoms with Gasteiger partial charge in [0.25, 0.3) is 0 Å². The van der Waals surface area contributed by atoms with Crippen LogP contribution in [0.4, 0.5) is 5.82 Å². The van der Waals surface area contributed by atoms with Crippen LogP contribution in [0.15, 0.2) is 17.8 Å². The third-order valence-corrected chi connectivity index (χ3v) is 5.99. The van der Waals surface area contributed by atoms with Crippen molar-refractivity contribution < 1.29 is 4.79 Å². The molecule has 1 amide bonds. The molecule has 2 fully saturated rings. The Balaban J connectivity index is 1.39. The van der Waals surface area contributed by atoms with Gasteiger partial charge in [-0.2, -0.15) is 0 Å². The van der Waals surface area contributed by atoms with Gasteiger partial charge < -0.3 is 9.80 Å². The van der Waals surface area contributed by atoms with Crippen LogP contribution in [-0.4, -0.2) is 47.0 Å². The third-order valence-electron chi connectivity index (χ3n) is 5.09. The number of carbonyl (C=O) groups excluding carboxylic acids is 1. The Morgan fingerprint density at radius 1 is 1.17 bits per heavy atom. The largest absolute Gasteiger partial charge is 0.352 e. The van der Waals surface area contributed by atoms with Gasteiger partial charge in [-0.25, -0.2) is 9.97 Å². The van der Waals surface area contributed by atoms with Crippen LogP contribution >= 0.6 is 11.3 Å². The van der Waals surface area contributed by atoms with Gasteiger partial charge in [-0.3, -0.25) is 4.79 Å². The van der Waals surface area contributed by atoms with Crippen molar-refractivity contribution in [1.82, 2.24) is 14.9 Å². The predicted octanol–water partition coefficient (Wildman–Crippen LogP) is 2.92. The van der Waals surface area contributed by atoms with Gasteiger partial charge in [-0.05, 0) is 30.2 Å². The summed E-state index contributed by atoms with van der Waals surface area (Å²) >= 11 is 1.69. The lowest BCUT2D eigenvalue weighted by molar-refractivity contribution is -0.132. The fourth-order valence-corrected chi connectivity index (χ4v) is 4.62. The van der Waals surface area contributed by atoms with Gasteiger partial charge in [0.05, 0.1) is 10.2 Å². The molecular formula is C17H22N4OS. The summed E-state index contributed by atoms with van der Waals surface area (Å²) in [6.45, 7) is 3.34. The minimum absolute atomic E-state index is 0.348. The predicted molar refractivity (Wildman–Crippen MR) is 92.8 cm³/mol. The first kappa shape index (κ1) is 14.9. The molecular weight excluding hydrogens is 308 g/mol. The molecule has 0 radical (unpaired) electrons. The molecule has 1 aliphatic carbocycles. The molecule has 1 saturated heterocycles. The molecule has 1 aliphatic heterocycles. The van der Waals surface area contributed by atoms with Gasteiger partial charge in [0.1, 0.15) is 12.1 Å². The highest BCUT2D eigenvalue weighted by Gasteiger charge is 2.26. The van der Waals surface area contributed by atoms with Gasteiger partial charge in [-0.15, -0.1) is 11.3 Å². The molecule has 4 rings (SSSR count). The van der Waals surface area contributed by atoms with Gasteiger partial charge in [-0.1, -0.05) is 12.8 Å². The minimum Gasteiger partial charge on any atom is -0.352 e. The molecule has 23 heavy (non-hydrogen) atoms. The van der Waals surface area contributed by atoms with Crippen LogP contribution in [0.1, 0.15) is 32.1 Å². The van der Waals surface area contributed by atoms with Crippen molar-refractivity contribution in [3.8, 4) is 0 Å². The Hall–Kier alpha value is -1.69. The van der Waals surface area contributed by atoms with Crippen molar-refractivity contribution in [3.05, 3.63) is 17.8 Å². The summed E-state index contributed by atoms with van der Waals surface area (Å²) in [6, 6.07) is 2.03. The monoisotopic (exact) mass is 330 g/mol. The standard InChI is InChI=1S/C17H22N4OS/c22-15(11-13-3-1-2-4-13)20-6-8-21(9-7-20)17-16-14(5-10-23-16)18-12-19-17/h5,10,12-13H,1-4,6-9,11H2. The van der Waals surface area contributed by atoms with E-state index < -0.39 is 0 Å². The number of thiophene rings is 1. The number of aromatic nitrogens is 2. The molecule has 3 heterocycles. The quantitative estimate of drug-likeness (QED) is 0.868. The van der Waals surface area contributed by atoms with Crippen LogP contribution in [0.2, 0.25) is 0 Å². The van der Waals surface area contributed by atoms with E-state index >= 15 is 0 Å². The van der Waals surface area contributed by atoms with Crippen LogP contribution in [0, 0.1) is 5.92 Å². The first-order valence-corrected chi connectivity index (χ1v) is 9.40. The molecule has 0 atom stereocenters. The van der Waals surface area contributed by atoms with E-state index in [1.54, 1.807) is 17.7 Å². The van der Waals surface area contributed by atoms with E-state index in [9.17, 15) is 4.79 Å². The summed E-state index contributed by atoms with van der Waals surface area (Å²) in [5.41, 5.74) is 1.01. The number of rotatable bonds is 3. The fraction of sp³-hybridized carbons (Fsp3) is 0.588. The summed E-state index contributed by atoms with van der Waals surface area (Å²) in [5, 5.41) is 2.06. The molecule has 0 spiro atoms.